The third kappa shape index (κ3) is 6.18. The molecule has 0 aromatic carbocycles. The van der Waals surface area contributed by atoms with Crippen molar-refractivity contribution < 1.29 is 9.53 Å². The molecule has 0 saturated carbocycles. The van der Waals surface area contributed by atoms with Gasteiger partial charge in [-0.1, -0.05) is 12.8 Å². The molecule has 74 valence electrons. The van der Waals surface area contributed by atoms with Crippen molar-refractivity contribution in [3.05, 3.63) is 0 Å². The maximum absolute atomic E-state index is 11.1. The first-order valence-electron chi connectivity index (χ1n) is 4.52. The van der Waals surface area contributed by atoms with Gasteiger partial charge in [-0.15, -0.1) is 5.92 Å². The van der Waals surface area contributed by atoms with E-state index in [-0.39, 0.29) is 5.97 Å². The fourth-order valence-corrected chi connectivity index (χ4v) is 0.860. The van der Waals surface area contributed by atoms with Gasteiger partial charge in [-0.25, -0.2) is 0 Å². The van der Waals surface area contributed by atoms with Crippen molar-refractivity contribution in [3.8, 4) is 11.8 Å². The summed E-state index contributed by atoms with van der Waals surface area (Å²) in [4.78, 5) is 13.0. The molecule has 0 amide bonds. The van der Waals surface area contributed by atoms with E-state index < -0.39 is 0 Å². The summed E-state index contributed by atoms with van der Waals surface area (Å²) in [7, 11) is 0. The molecule has 0 unspecified atom stereocenters. The largest absolute Gasteiger partial charge is 0.465 e. The van der Waals surface area contributed by atoms with Gasteiger partial charge in [0.05, 0.1) is 19.7 Å². The molecule has 0 spiro atoms. The van der Waals surface area contributed by atoms with E-state index in [9.17, 15) is 4.79 Å². The Labute approximate surface area is 80.1 Å². The summed E-state index contributed by atoms with van der Waals surface area (Å²) in [6.07, 6.45) is 0. The number of ether oxygens (including phenoxy) is 1. The maximum Gasteiger partial charge on any atom is 0.320 e. The molecule has 0 heterocycles. The van der Waals surface area contributed by atoms with Gasteiger partial charge >= 0.3 is 5.97 Å². The highest BCUT2D eigenvalue weighted by Crippen LogP contribution is 1.88. The van der Waals surface area contributed by atoms with E-state index >= 15 is 0 Å². The average Bonchev–Trinajstić information content (AvgIpc) is 2.12. The van der Waals surface area contributed by atoms with E-state index in [1.54, 1.807) is 13.8 Å². The minimum atomic E-state index is -0.178. The zero-order chi connectivity index (χ0) is 10.1. The summed E-state index contributed by atoms with van der Waals surface area (Å²) in [5.74, 6) is 5.53. The molecule has 0 aliphatic rings. The van der Waals surface area contributed by atoms with Crippen LogP contribution in [-0.2, 0) is 9.53 Å². The Hall–Kier alpha value is -1.01. The molecule has 0 aliphatic carbocycles. The van der Waals surface area contributed by atoms with Gasteiger partial charge in [-0.2, -0.15) is 0 Å². The molecule has 3 heteroatoms. The number of carbonyl (C=O) groups is 1. The van der Waals surface area contributed by atoms with Gasteiger partial charge in [0.1, 0.15) is 0 Å². The summed E-state index contributed by atoms with van der Waals surface area (Å²) in [5.41, 5.74) is 0. The Balaban J connectivity index is 3.80. The minimum Gasteiger partial charge on any atom is -0.465 e. The molecule has 0 aromatic heterocycles. The molecule has 0 rings (SSSR count). The fraction of sp³-hybridized carbons (Fsp3) is 0.700. The topological polar surface area (TPSA) is 29.5 Å². The first-order chi connectivity index (χ1) is 6.24. The minimum absolute atomic E-state index is 0.178. The summed E-state index contributed by atoms with van der Waals surface area (Å²) in [6, 6.07) is 0. The van der Waals surface area contributed by atoms with Crippen molar-refractivity contribution >= 4 is 5.97 Å². The smallest absolute Gasteiger partial charge is 0.320 e. The van der Waals surface area contributed by atoms with Crippen molar-refractivity contribution in [1.29, 1.82) is 0 Å². The van der Waals surface area contributed by atoms with Crippen LogP contribution < -0.4 is 0 Å². The number of esters is 1. The maximum atomic E-state index is 11.1. The lowest BCUT2D eigenvalue weighted by molar-refractivity contribution is -0.144. The molecule has 0 radical (unpaired) electrons. The number of carbonyl (C=O) groups excluding carboxylic acids is 1. The summed E-state index contributed by atoms with van der Waals surface area (Å²) in [5, 5.41) is 0. The van der Waals surface area contributed by atoms with E-state index in [1.807, 2.05) is 11.8 Å². The van der Waals surface area contributed by atoms with Crippen LogP contribution in [0.4, 0.5) is 0 Å². The molecular weight excluding hydrogens is 166 g/mol. The number of hydrogen-bond acceptors (Lipinski definition) is 3. The monoisotopic (exact) mass is 183 g/mol. The normalized spacial score (nSPS) is 9.23. The molecule has 13 heavy (non-hydrogen) atoms. The zero-order valence-corrected chi connectivity index (χ0v) is 8.59. The number of nitrogens with zero attached hydrogens (tertiary/aromatic N) is 1. The second kappa shape index (κ2) is 7.63. The molecule has 0 atom stereocenters. The third-order valence-corrected chi connectivity index (χ3v) is 1.58. The van der Waals surface area contributed by atoms with Crippen molar-refractivity contribution in [2.45, 2.75) is 20.8 Å². The van der Waals surface area contributed by atoms with Crippen LogP contribution in [0.5, 0.6) is 0 Å². The second-order valence-electron chi connectivity index (χ2n) is 2.54. The molecule has 0 bridgehead atoms. The molecule has 0 saturated heterocycles. The van der Waals surface area contributed by atoms with Gasteiger partial charge in [0.2, 0.25) is 0 Å². The van der Waals surface area contributed by atoms with Crippen LogP contribution in [0.2, 0.25) is 0 Å². The lowest BCUT2D eigenvalue weighted by atomic mass is 10.4. The predicted molar refractivity (Wildman–Crippen MR) is 52.2 cm³/mol. The first kappa shape index (κ1) is 12.0. The Morgan fingerprint density at radius 1 is 1.46 bits per heavy atom. The van der Waals surface area contributed by atoms with Crippen LogP contribution >= 0.6 is 0 Å². The number of rotatable bonds is 5. The van der Waals surface area contributed by atoms with E-state index in [2.05, 4.69) is 11.8 Å². The summed E-state index contributed by atoms with van der Waals surface area (Å²) < 4.78 is 4.83. The standard InChI is InChI=1S/C10H17NO2/c1-4-7-8-11(5-2)9-10(12)13-6-3/h5-6,8-9H2,1-3H3. The molecule has 0 fully saturated rings. The van der Waals surface area contributed by atoms with E-state index in [4.69, 9.17) is 4.74 Å². The Morgan fingerprint density at radius 3 is 2.62 bits per heavy atom. The lowest BCUT2D eigenvalue weighted by Crippen LogP contribution is -2.31. The molecule has 0 aromatic rings. The summed E-state index contributed by atoms with van der Waals surface area (Å²) >= 11 is 0. The van der Waals surface area contributed by atoms with Crippen LogP contribution in [0.25, 0.3) is 0 Å². The lowest BCUT2D eigenvalue weighted by Gasteiger charge is -2.15. The SMILES string of the molecule is CC#CCN(CC)CC(=O)OCC. The molecule has 0 N–H and O–H groups in total. The second-order valence-corrected chi connectivity index (χ2v) is 2.54. The van der Waals surface area contributed by atoms with Crippen LogP contribution in [0.1, 0.15) is 20.8 Å². The van der Waals surface area contributed by atoms with Crippen LogP contribution in [0, 0.1) is 11.8 Å². The highest BCUT2D eigenvalue weighted by Gasteiger charge is 2.07. The van der Waals surface area contributed by atoms with Crippen LogP contribution in [-0.4, -0.2) is 37.1 Å². The van der Waals surface area contributed by atoms with Crippen molar-refractivity contribution in [3.63, 3.8) is 0 Å². The average molecular weight is 183 g/mol. The van der Waals surface area contributed by atoms with Crippen molar-refractivity contribution in [1.82, 2.24) is 4.90 Å². The highest BCUT2D eigenvalue weighted by atomic mass is 16.5. The number of hydrogen-bond donors (Lipinski definition) is 0. The van der Waals surface area contributed by atoms with E-state index in [0.29, 0.717) is 19.7 Å². The zero-order valence-electron chi connectivity index (χ0n) is 8.59. The molecule has 3 nitrogen and oxygen atoms in total. The highest BCUT2D eigenvalue weighted by molar-refractivity contribution is 5.71. The van der Waals surface area contributed by atoms with Gasteiger partial charge < -0.3 is 4.74 Å². The first-order valence-corrected chi connectivity index (χ1v) is 4.52. The third-order valence-electron chi connectivity index (χ3n) is 1.58. The van der Waals surface area contributed by atoms with Gasteiger partial charge in [0.25, 0.3) is 0 Å². The van der Waals surface area contributed by atoms with Crippen molar-refractivity contribution in [2.75, 3.05) is 26.2 Å². The van der Waals surface area contributed by atoms with Crippen LogP contribution in [0.3, 0.4) is 0 Å². The van der Waals surface area contributed by atoms with Gasteiger partial charge in [-0.05, 0) is 20.4 Å². The molecular formula is C10H17NO2. The summed E-state index contributed by atoms with van der Waals surface area (Å²) in [6.45, 7) is 7.81. The Kier molecular flexibility index (Phi) is 7.04. The van der Waals surface area contributed by atoms with Gasteiger partial charge in [0.15, 0.2) is 0 Å². The van der Waals surface area contributed by atoms with Crippen LogP contribution in [0.15, 0.2) is 0 Å². The van der Waals surface area contributed by atoms with E-state index in [1.165, 1.54) is 0 Å². The Bertz CT molecular complexity index is 203. The van der Waals surface area contributed by atoms with Gasteiger partial charge in [0, 0.05) is 0 Å². The van der Waals surface area contributed by atoms with Crippen molar-refractivity contribution in [2.24, 2.45) is 0 Å². The van der Waals surface area contributed by atoms with E-state index in [0.717, 1.165) is 6.54 Å². The Morgan fingerprint density at radius 2 is 2.15 bits per heavy atom. The predicted octanol–water partition coefficient (Wildman–Crippen LogP) is 0.895. The quantitative estimate of drug-likeness (QED) is 0.468. The number of likely N-dealkylation sites (N-methyl/N-ethyl adjacent to an activating group) is 1. The van der Waals surface area contributed by atoms with Gasteiger partial charge in [-0.3, -0.25) is 9.69 Å². The fourth-order valence-electron chi connectivity index (χ4n) is 0.860. The molecule has 0 aliphatic heterocycles.